The van der Waals surface area contributed by atoms with Crippen LogP contribution in [0, 0.1) is 0 Å². The molecule has 15 heteroatoms. The number of carboxylic acids is 1. The Labute approximate surface area is 271 Å². The van der Waals surface area contributed by atoms with E-state index >= 15 is 0 Å². The highest BCUT2D eigenvalue weighted by molar-refractivity contribution is 7.98. The zero-order valence-corrected chi connectivity index (χ0v) is 26.5. The number of amides is 5. The average Bonchev–Trinajstić information content (AvgIpc) is 3.04. The number of rotatable bonds is 19. The van der Waals surface area contributed by atoms with Gasteiger partial charge in [0.05, 0.1) is 19.2 Å². The summed E-state index contributed by atoms with van der Waals surface area (Å²) >= 11 is 1.54. The zero-order chi connectivity index (χ0) is 34.1. The van der Waals surface area contributed by atoms with Crippen LogP contribution in [0.15, 0.2) is 60.7 Å². The van der Waals surface area contributed by atoms with Crippen LogP contribution < -0.4 is 32.3 Å². The minimum absolute atomic E-state index is 0.0286. The molecule has 5 atom stereocenters. The molecule has 0 heterocycles. The van der Waals surface area contributed by atoms with Gasteiger partial charge in [-0.25, -0.2) is 4.79 Å². The Hall–Kier alpha value is -4.47. The van der Waals surface area contributed by atoms with Crippen LogP contribution in [0.5, 0.6) is 0 Å². The summed E-state index contributed by atoms with van der Waals surface area (Å²) < 4.78 is 0. The number of nitrogens with one attached hydrogen (secondary N) is 5. The van der Waals surface area contributed by atoms with Crippen molar-refractivity contribution in [3.8, 4) is 0 Å². The predicted molar refractivity (Wildman–Crippen MR) is 172 cm³/mol. The van der Waals surface area contributed by atoms with Crippen LogP contribution in [-0.4, -0.2) is 101 Å². The van der Waals surface area contributed by atoms with Gasteiger partial charge < -0.3 is 42.5 Å². The first-order valence-electron chi connectivity index (χ1n) is 14.6. The molecule has 0 aliphatic heterocycles. The maximum Gasteiger partial charge on any atom is 0.328 e. The molecule has 0 spiro atoms. The van der Waals surface area contributed by atoms with Gasteiger partial charge in [0.1, 0.15) is 24.2 Å². The number of hydrogen-bond acceptors (Lipinski definition) is 9. The van der Waals surface area contributed by atoms with Crippen LogP contribution in [0.1, 0.15) is 24.5 Å². The summed E-state index contributed by atoms with van der Waals surface area (Å²) in [6.07, 6.45) is 2.40. The molecule has 0 bridgehead atoms. The normalized spacial score (nSPS) is 14.0. The Morgan fingerprint density at radius 3 is 1.76 bits per heavy atom. The molecular weight excluding hydrogens is 616 g/mol. The maximum absolute atomic E-state index is 13.7. The maximum atomic E-state index is 13.7. The average molecular weight is 659 g/mol. The van der Waals surface area contributed by atoms with Crippen molar-refractivity contribution in [2.45, 2.75) is 56.4 Å². The number of carbonyl (C=O) groups is 6. The van der Waals surface area contributed by atoms with Gasteiger partial charge in [-0.05, 0) is 36.5 Å². The number of nitrogens with two attached hydrogens (primary N) is 1. The van der Waals surface area contributed by atoms with Crippen molar-refractivity contribution in [1.82, 2.24) is 26.6 Å². The molecule has 0 aliphatic carbocycles. The number of aliphatic hydroxyl groups excluding tert-OH is 1. The lowest BCUT2D eigenvalue weighted by atomic mass is 10.0. The van der Waals surface area contributed by atoms with E-state index in [4.69, 9.17) is 15.9 Å². The van der Waals surface area contributed by atoms with E-state index in [1.54, 1.807) is 60.7 Å². The standard InChI is InChI=1S/C31H42N6O8S/c1-19(34-28(41)22(32)13-14-46-2)27(40)36-24(16-21-11-7-4-8-12-21)30(43)37-23(15-20-9-5-3-6-10-20)29(42)33-17-26(39)35-25(18-38)31(44)45/h3-12,19,22-25,38H,13-18,32H2,1-2H3,(H,33,42)(H,34,41)(H,35,39)(H,36,40)(H,37,43)(H,44,45)/t19-,22-,23-,24-,25-/m0/s1. The number of thioether (sulfide) groups is 1. The molecule has 46 heavy (non-hydrogen) atoms. The van der Waals surface area contributed by atoms with Crippen LogP contribution in [0.4, 0.5) is 0 Å². The van der Waals surface area contributed by atoms with Crippen LogP contribution in [0.25, 0.3) is 0 Å². The van der Waals surface area contributed by atoms with E-state index < -0.39 is 78.9 Å². The second-order valence-electron chi connectivity index (χ2n) is 10.5. The van der Waals surface area contributed by atoms with Gasteiger partial charge in [-0.3, -0.25) is 24.0 Å². The first kappa shape index (κ1) is 37.7. The van der Waals surface area contributed by atoms with Gasteiger partial charge in [0.25, 0.3) is 0 Å². The van der Waals surface area contributed by atoms with Crippen molar-refractivity contribution in [2.24, 2.45) is 5.73 Å². The summed E-state index contributed by atoms with van der Waals surface area (Å²) in [7, 11) is 0. The smallest absolute Gasteiger partial charge is 0.328 e. The minimum atomic E-state index is -1.55. The molecule has 0 unspecified atom stereocenters. The molecule has 2 rings (SSSR count). The van der Waals surface area contributed by atoms with E-state index in [1.807, 2.05) is 6.26 Å². The lowest BCUT2D eigenvalue weighted by Gasteiger charge is -2.25. The van der Waals surface area contributed by atoms with Crippen molar-refractivity contribution < 1.29 is 39.0 Å². The predicted octanol–water partition coefficient (Wildman–Crippen LogP) is -1.30. The molecule has 5 amide bonds. The molecule has 0 aromatic heterocycles. The first-order chi connectivity index (χ1) is 21.9. The molecule has 0 saturated heterocycles. The summed E-state index contributed by atoms with van der Waals surface area (Å²) in [6, 6.07) is 11.9. The Balaban J connectivity index is 2.21. The Morgan fingerprint density at radius 2 is 1.26 bits per heavy atom. The first-order valence-corrected chi connectivity index (χ1v) is 16.0. The second-order valence-corrected chi connectivity index (χ2v) is 11.5. The van der Waals surface area contributed by atoms with Crippen LogP contribution in [0.2, 0.25) is 0 Å². The van der Waals surface area contributed by atoms with Crippen molar-refractivity contribution in [1.29, 1.82) is 0 Å². The highest BCUT2D eigenvalue weighted by atomic mass is 32.2. The number of hydrogen-bond donors (Lipinski definition) is 8. The lowest BCUT2D eigenvalue weighted by molar-refractivity contribution is -0.142. The topological polar surface area (TPSA) is 229 Å². The summed E-state index contributed by atoms with van der Waals surface area (Å²) in [5.41, 5.74) is 7.33. The highest BCUT2D eigenvalue weighted by Gasteiger charge is 2.30. The number of aliphatic carboxylic acids is 1. The van der Waals surface area contributed by atoms with E-state index in [0.29, 0.717) is 17.7 Å². The number of carbonyl (C=O) groups excluding carboxylic acids is 5. The molecule has 2 aromatic rings. The van der Waals surface area contributed by atoms with E-state index in [1.165, 1.54) is 18.7 Å². The summed E-state index contributed by atoms with van der Waals surface area (Å²) in [5, 5.41) is 30.5. The quantitative estimate of drug-likeness (QED) is 0.0890. The Bertz CT molecular complexity index is 1320. The fourth-order valence-corrected chi connectivity index (χ4v) is 4.66. The molecule has 0 aliphatic rings. The van der Waals surface area contributed by atoms with Gasteiger partial charge in [0.2, 0.25) is 29.5 Å². The van der Waals surface area contributed by atoms with Gasteiger partial charge in [-0.15, -0.1) is 0 Å². The largest absolute Gasteiger partial charge is 0.480 e. The van der Waals surface area contributed by atoms with Crippen molar-refractivity contribution >= 4 is 47.3 Å². The van der Waals surface area contributed by atoms with Crippen molar-refractivity contribution in [2.75, 3.05) is 25.2 Å². The van der Waals surface area contributed by atoms with Gasteiger partial charge in [-0.1, -0.05) is 60.7 Å². The van der Waals surface area contributed by atoms with Gasteiger partial charge in [-0.2, -0.15) is 11.8 Å². The third kappa shape index (κ3) is 13.3. The zero-order valence-electron chi connectivity index (χ0n) is 25.7. The lowest BCUT2D eigenvalue weighted by Crippen LogP contribution is -2.58. The highest BCUT2D eigenvalue weighted by Crippen LogP contribution is 2.08. The van der Waals surface area contributed by atoms with E-state index in [-0.39, 0.29) is 12.8 Å². The minimum Gasteiger partial charge on any atom is -0.480 e. The molecule has 9 N–H and O–H groups in total. The van der Waals surface area contributed by atoms with Crippen molar-refractivity contribution in [3.05, 3.63) is 71.8 Å². The number of benzene rings is 2. The number of aliphatic hydroxyl groups is 1. The van der Waals surface area contributed by atoms with Crippen LogP contribution in [0.3, 0.4) is 0 Å². The van der Waals surface area contributed by atoms with Crippen molar-refractivity contribution in [3.63, 3.8) is 0 Å². The molecule has 250 valence electrons. The SMILES string of the molecule is CSCC[C@H](N)C(=O)N[C@@H](C)C(=O)N[C@@H](Cc1ccccc1)C(=O)N[C@@H](Cc1ccccc1)C(=O)NCC(=O)N[C@@H](CO)C(=O)O. The Morgan fingerprint density at radius 1 is 0.739 bits per heavy atom. The van der Waals surface area contributed by atoms with Crippen LogP contribution in [-0.2, 0) is 41.6 Å². The molecule has 2 aromatic carbocycles. The van der Waals surface area contributed by atoms with Crippen LogP contribution >= 0.6 is 11.8 Å². The molecule has 0 radical (unpaired) electrons. The van der Waals surface area contributed by atoms with E-state index in [2.05, 4.69) is 26.6 Å². The molecule has 0 saturated carbocycles. The second kappa shape index (κ2) is 19.8. The monoisotopic (exact) mass is 658 g/mol. The third-order valence-corrected chi connectivity index (χ3v) is 7.44. The Kier molecular flexibility index (Phi) is 16.2. The summed E-state index contributed by atoms with van der Waals surface area (Å²) in [5.74, 6) is -4.22. The summed E-state index contributed by atoms with van der Waals surface area (Å²) in [6.45, 7) is 0.00199. The summed E-state index contributed by atoms with van der Waals surface area (Å²) in [4.78, 5) is 75.8. The molecule has 14 nitrogen and oxygen atoms in total. The van der Waals surface area contributed by atoms with E-state index in [9.17, 15) is 28.8 Å². The van der Waals surface area contributed by atoms with Gasteiger partial charge >= 0.3 is 5.97 Å². The molecule has 0 fully saturated rings. The third-order valence-electron chi connectivity index (χ3n) is 6.79. The molecular formula is C31H42N6O8S. The fourth-order valence-electron chi connectivity index (χ4n) is 4.17. The van der Waals surface area contributed by atoms with Gasteiger partial charge in [0.15, 0.2) is 0 Å². The van der Waals surface area contributed by atoms with Gasteiger partial charge in [0, 0.05) is 12.8 Å². The fraction of sp³-hybridized carbons (Fsp3) is 0.419. The van der Waals surface area contributed by atoms with E-state index in [0.717, 1.165) is 5.56 Å². The number of carboxylic acid groups (broad SMARTS) is 1.